The second kappa shape index (κ2) is 5.87. The van der Waals surface area contributed by atoms with Crippen molar-refractivity contribution in [3.8, 4) is 0 Å². The Balaban J connectivity index is 2.27. The molecule has 0 amide bonds. The van der Waals surface area contributed by atoms with Crippen LogP contribution < -0.4 is 0 Å². The van der Waals surface area contributed by atoms with Crippen LogP contribution in [0.5, 0.6) is 0 Å². The van der Waals surface area contributed by atoms with Crippen LogP contribution in [0.3, 0.4) is 0 Å². The first-order valence-electron chi connectivity index (χ1n) is 5.96. The zero-order valence-corrected chi connectivity index (χ0v) is 11.8. The summed E-state index contributed by atoms with van der Waals surface area (Å²) >= 11 is 3.43. The van der Waals surface area contributed by atoms with Crippen LogP contribution in [0.2, 0.25) is 0 Å². The molecular formula is C14H17BrO3. The van der Waals surface area contributed by atoms with Crippen molar-refractivity contribution in [1.82, 2.24) is 0 Å². The Morgan fingerprint density at radius 3 is 2.39 bits per heavy atom. The molecule has 1 fully saturated rings. The molecule has 0 saturated carbocycles. The van der Waals surface area contributed by atoms with E-state index in [-0.39, 0.29) is 12.2 Å². The summed E-state index contributed by atoms with van der Waals surface area (Å²) < 4.78 is 17.5. The van der Waals surface area contributed by atoms with E-state index in [2.05, 4.69) is 29.1 Å². The minimum atomic E-state index is -0.824. The van der Waals surface area contributed by atoms with Gasteiger partial charge in [-0.3, -0.25) is 0 Å². The third-order valence-electron chi connectivity index (χ3n) is 2.98. The van der Waals surface area contributed by atoms with Crippen LogP contribution in [0, 0.1) is 0 Å². The lowest BCUT2D eigenvalue weighted by Crippen LogP contribution is -2.27. The van der Waals surface area contributed by atoms with Gasteiger partial charge in [-0.2, -0.15) is 0 Å². The molecule has 1 aromatic heterocycles. The first kappa shape index (κ1) is 13.6. The van der Waals surface area contributed by atoms with Gasteiger partial charge < -0.3 is 13.9 Å². The summed E-state index contributed by atoms with van der Waals surface area (Å²) in [6.45, 7) is 7.55. The number of hydrogen-bond acceptors (Lipinski definition) is 3. The van der Waals surface area contributed by atoms with Gasteiger partial charge >= 0.3 is 0 Å². The van der Waals surface area contributed by atoms with Gasteiger partial charge in [-0.15, -0.1) is 13.2 Å². The molecule has 4 heteroatoms. The van der Waals surface area contributed by atoms with Crippen molar-refractivity contribution in [2.24, 2.45) is 0 Å². The van der Waals surface area contributed by atoms with Crippen molar-refractivity contribution < 1.29 is 13.9 Å². The van der Waals surface area contributed by atoms with Crippen LogP contribution in [0.15, 0.2) is 48.1 Å². The van der Waals surface area contributed by atoms with Crippen molar-refractivity contribution in [3.05, 3.63) is 49.5 Å². The maximum absolute atomic E-state index is 6.02. The van der Waals surface area contributed by atoms with Crippen LogP contribution in [-0.4, -0.2) is 17.5 Å². The van der Waals surface area contributed by atoms with Gasteiger partial charge in [-0.25, -0.2) is 0 Å². The fraction of sp³-hybridized carbons (Fsp3) is 0.429. The predicted molar refractivity (Wildman–Crippen MR) is 73.6 cm³/mol. The highest BCUT2D eigenvalue weighted by Gasteiger charge is 2.48. The molecule has 1 aliphatic rings. The predicted octanol–water partition coefficient (Wildman–Crippen LogP) is 3.76. The minimum Gasteiger partial charge on any atom is -0.464 e. The van der Waals surface area contributed by atoms with E-state index in [1.807, 2.05) is 12.1 Å². The smallest absolute Gasteiger partial charge is 0.229 e. The molecule has 2 atom stereocenters. The molecule has 1 aliphatic heterocycles. The van der Waals surface area contributed by atoms with Crippen molar-refractivity contribution in [1.29, 1.82) is 0 Å². The number of furan rings is 1. The molecule has 0 radical (unpaired) electrons. The van der Waals surface area contributed by atoms with Gasteiger partial charge in [-0.1, -0.05) is 28.1 Å². The van der Waals surface area contributed by atoms with Crippen molar-refractivity contribution in [3.63, 3.8) is 0 Å². The van der Waals surface area contributed by atoms with Crippen LogP contribution in [0.25, 0.3) is 0 Å². The lowest BCUT2D eigenvalue weighted by Gasteiger charge is -2.25. The summed E-state index contributed by atoms with van der Waals surface area (Å²) in [5.41, 5.74) is 0. The van der Waals surface area contributed by atoms with E-state index in [9.17, 15) is 0 Å². The quantitative estimate of drug-likeness (QED) is 0.592. The van der Waals surface area contributed by atoms with Gasteiger partial charge in [0.05, 0.1) is 6.26 Å². The second-order valence-electron chi connectivity index (χ2n) is 4.16. The SMILES string of the molecule is C=C[C@H]1OC(CCCBr)(c2ccco2)O[C@@H]1C=C. The number of alkyl halides is 1. The Labute approximate surface area is 116 Å². The first-order valence-corrected chi connectivity index (χ1v) is 7.08. The van der Waals surface area contributed by atoms with Crippen LogP contribution >= 0.6 is 15.9 Å². The molecule has 0 bridgehead atoms. The summed E-state index contributed by atoms with van der Waals surface area (Å²) in [5.74, 6) is -0.130. The Morgan fingerprint density at radius 2 is 1.94 bits per heavy atom. The molecule has 3 nitrogen and oxygen atoms in total. The van der Waals surface area contributed by atoms with Crippen LogP contribution in [-0.2, 0) is 15.3 Å². The molecule has 0 N–H and O–H groups in total. The summed E-state index contributed by atoms with van der Waals surface area (Å²) in [6.07, 6.45) is 6.37. The van der Waals surface area contributed by atoms with E-state index in [4.69, 9.17) is 13.9 Å². The highest BCUT2D eigenvalue weighted by molar-refractivity contribution is 9.09. The van der Waals surface area contributed by atoms with Gasteiger partial charge in [-0.05, 0) is 18.6 Å². The monoisotopic (exact) mass is 312 g/mol. The maximum atomic E-state index is 6.02. The van der Waals surface area contributed by atoms with Gasteiger partial charge in [0.15, 0.2) is 5.76 Å². The molecule has 0 unspecified atom stereocenters. The van der Waals surface area contributed by atoms with Crippen molar-refractivity contribution in [2.45, 2.75) is 30.8 Å². The molecule has 2 heterocycles. The first-order chi connectivity index (χ1) is 8.75. The molecular weight excluding hydrogens is 296 g/mol. The third kappa shape index (κ3) is 2.46. The van der Waals surface area contributed by atoms with E-state index in [0.29, 0.717) is 5.76 Å². The van der Waals surface area contributed by atoms with E-state index < -0.39 is 5.79 Å². The fourth-order valence-electron chi connectivity index (χ4n) is 2.12. The fourth-order valence-corrected chi connectivity index (χ4v) is 2.40. The molecule has 0 aromatic carbocycles. The largest absolute Gasteiger partial charge is 0.464 e. The van der Waals surface area contributed by atoms with Crippen molar-refractivity contribution in [2.75, 3.05) is 5.33 Å². The maximum Gasteiger partial charge on any atom is 0.229 e. The highest BCUT2D eigenvalue weighted by atomic mass is 79.9. The highest BCUT2D eigenvalue weighted by Crippen LogP contribution is 2.42. The number of hydrogen-bond donors (Lipinski definition) is 0. The normalized spacial score (nSPS) is 26.1. The van der Waals surface area contributed by atoms with Gasteiger partial charge in [0.2, 0.25) is 5.79 Å². The van der Waals surface area contributed by atoms with Gasteiger partial charge in [0.25, 0.3) is 0 Å². The number of ether oxygens (including phenoxy) is 2. The van der Waals surface area contributed by atoms with E-state index in [1.54, 1.807) is 18.4 Å². The van der Waals surface area contributed by atoms with E-state index in [1.165, 1.54) is 0 Å². The molecule has 98 valence electrons. The number of rotatable bonds is 6. The zero-order chi connectivity index (χ0) is 13.0. The average Bonchev–Trinajstić information content (AvgIpc) is 3.04. The minimum absolute atomic E-state index is 0.192. The Kier molecular flexibility index (Phi) is 4.43. The molecule has 2 rings (SSSR count). The van der Waals surface area contributed by atoms with Crippen molar-refractivity contribution >= 4 is 15.9 Å². The molecule has 1 aromatic rings. The molecule has 0 spiro atoms. The van der Waals surface area contributed by atoms with Crippen LogP contribution in [0.4, 0.5) is 0 Å². The van der Waals surface area contributed by atoms with E-state index in [0.717, 1.165) is 18.2 Å². The van der Waals surface area contributed by atoms with Crippen LogP contribution in [0.1, 0.15) is 18.6 Å². The summed E-state index contributed by atoms with van der Waals surface area (Å²) in [7, 11) is 0. The standard InChI is InChI=1S/C14H17BrO3/c1-3-11-12(4-2)18-14(17-11,8-6-9-15)13-7-5-10-16-13/h3-5,7,10-12H,1-2,6,8-9H2/t11-,12-/m1/s1. The molecule has 0 aliphatic carbocycles. The summed E-state index contributed by atoms with van der Waals surface area (Å²) in [4.78, 5) is 0. The Morgan fingerprint density at radius 1 is 1.28 bits per heavy atom. The van der Waals surface area contributed by atoms with E-state index >= 15 is 0 Å². The lowest BCUT2D eigenvalue weighted by atomic mass is 10.1. The Hall–Kier alpha value is -0.840. The Bertz CT molecular complexity index is 383. The zero-order valence-electron chi connectivity index (χ0n) is 10.2. The van der Waals surface area contributed by atoms with Gasteiger partial charge in [0.1, 0.15) is 12.2 Å². The molecule has 1 saturated heterocycles. The number of halogens is 1. The van der Waals surface area contributed by atoms with Gasteiger partial charge in [0, 0.05) is 11.8 Å². The molecule has 18 heavy (non-hydrogen) atoms. The second-order valence-corrected chi connectivity index (χ2v) is 4.95. The summed E-state index contributed by atoms with van der Waals surface area (Å²) in [6, 6.07) is 3.71. The average molecular weight is 313 g/mol. The third-order valence-corrected chi connectivity index (χ3v) is 3.54. The summed E-state index contributed by atoms with van der Waals surface area (Å²) in [5, 5.41) is 0.889. The lowest BCUT2D eigenvalue weighted by molar-refractivity contribution is -0.194. The topological polar surface area (TPSA) is 31.6 Å².